The molecule has 1 aromatic rings. The van der Waals surface area contributed by atoms with E-state index in [-0.39, 0.29) is 5.41 Å². The molecular formula is C9H12N2O. The molecule has 1 N–H and O–H groups in total. The van der Waals surface area contributed by atoms with Gasteiger partial charge in [-0.1, -0.05) is 0 Å². The van der Waals surface area contributed by atoms with Gasteiger partial charge in [0.25, 0.3) is 0 Å². The fourth-order valence-electron chi connectivity index (χ4n) is 1.86. The van der Waals surface area contributed by atoms with Crippen molar-refractivity contribution in [2.75, 3.05) is 0 Å². The van der Waals surface area contributed by atoms with Crippen molar-refractivity contribution < 1.29 is 4.79 Å². The molecule has 1 unspecified atom stereocenters. The summed E-state index contributed by atoms with van der Waals surface area (Å²) in [6, 6.07) is 1.89. The van der Waals surface area contributed by atoms with E-state index in [1.807, 2.05) is 13.0 Å². The lowest BCUT2D eigenvalue weighted by Gasteiger charge is -2.18. The number of nitrogens with zero attached hydrogens (tertiary/aromatic N) is 1. The smallest absolute Gasteiger partial charge is 0.144 e. The molecule has 1 atom stereocenters. The molecule has 1 saturated carbocycles. The summed E-state index contributed by atoms with van der Waals surface area (Å²) in [6.45, 7) is 1.98. The topological polar surface area (TPSA) is 45.8 Å². The average molecular weight is 164 g/mol. The van der Waals surface area contributed by atoms with Crippen LogP contribution in [0.25, 0.3) is 0 Å². The van der Waals surface area contributed by atoms with Crippen LogP contribution in [0.15, 0.2) is 12.3 Å². The zero-order valence-electron chi connectivity index (χ0n) is 7.13. The first-order valence-electron chi connectivity index (χ1n) is 4.27. The summed E-state index contributed by atoms with van der Waals surface area (Å²) in [5.74, 6) is 0.328. The molecule has 0 radical (unpaired) electrons. The molecule has 1 aliphatic carbocycles. The van der Waals surface area contributed by atoms with Crippen LogP contribution in [0.1, 0.15) is 31.9 Å². The first-order valence-corrected chi connectivity index (χ1v) is 4.27. The number of ketones is 1. The van der Waals surface area contributed by atoms with Crippen LogP contribution < -0.4 is 0 Å². The van der Waals surface area contributed by atoms with E-state index in [9.17, 15) is 4.79 Å². The summed E-state index contributed by atoms with van der Waals surface area (Å²) < 4.78 is 0. The van der Waals surface area contributed by atoms with Gasteiger partial charge in [0, 0.05) is 12.6 Å². The first-order chi connectivity index (χ1) is 5.73. The third-order valence-electron chi connectivity index (χ3n) is 2.76. The van der Waals surface area contributed by atoms with Gasteiger partial charge >= 0.3 is 0 Å². The molecule has 0 bridgehead atoms. The van der Waals surface area contributed by atoms with E-state index in [4.69, 9.17) is 0 Å². The second kappa shape index (κ2) is 2.44. The van der Waals surface area contributed by atoms with E-state index in [2.05, 4.69) is 10.2 Å². The predicted octanol–water partition coefficient (Wildman–Crippen LogP) is 1.42. The van der Waals surface area contributed by atoms with Crippen LogP contribution >= 0.6 is 0 Å². The fourth-order valence-corrected chi connectivity index (χ4v) is 1.86. The number of hydrogen-bond donors (Lipinski definition) is 1. The highest BCUT2D eigenvalue weighted by Gasteiger charge is 2.40. The van der Waals surface area contributed by atoms with E-state index >= 15 is 0 Å². The minimum Gasteiger partial charge on any atom is -0.299 e. The third-order valence-corrected chi connectivity index (χ3v) is 2.76. The number of rotatable bonds is 1. The Bertz CT molecular complexity index is 291. The van der Waals surface area contributed by atoms with Crippen molar-refractivity contribution in [2.45, 2.75) is 31.6 Å². The summed E-state index contributed by atoms with van der Waals surface area (Å²) in [5, 5.41) is 6.82. The number of carbonyl (C=O) groups is 1. The minimum absolute atomic E-state index is 0.306. The van der Waals surface area contributed by atoms with E-state index in [0.29, 0.717) is 12.2 Å². The Labute approximate surface area is 71.2 Å². The third kappa shape index (κ3) is 0.891. The maximum Gasteiger partial charge on any atom is 0.144 e. The maximum absolute atomic E-state index is 11.5. The normalized spacial score (nSPS) is 29.6. The molecule has 1 aliphatic rings. The van der Waals surface area contributed by atoms with Gasteiger partial charge in [0.1, 0.15) is 5.78 Å². The molecule has 12 heavy (non-hydrogen) atoms. The second-order valence-corrected chi connectivity index (χ2v) is 3.57. The number of Topliss-reactive ketones (excluding diaryl/α,β-unsaturated/α-hetero) is 1. The molecule has 1 fully saturated rings. The van der Waals surface area contributed by atoms with Crippen LogP contribution in [0.2, 0.25) is 0 Å². The number of carbonyl (C=O) groups excluding carboxylic acids is 1. The highest BCUT2D eigenvalue weighted by atomic mass is 16.1. The Morgan fingerprint density at radius 1 is 1.67 bits per heavy atom. The Morgan fingerprint density at radius 2 is 2.50 bits per heavy atom. The average Bonchev–Trinajstić information content (AvgIpc) is 2.62. The van der Waals surface area contributed by atoms with Gasteiger partial charge in [-0.3, -0.25) is 9.89 Å². The number of aromatic amines is 1. The first kappa shape index (κ1) is 7.53. The highest BCUT2D eigenvalue weighted by Crippen LogP contribution is 2.36. The van der Waals surface area contributed by atoms with Crippen molar-refractivity contribution >= 4 is 5.78 Å². The van der Waals surface area contributed by atoms with Crippen LogP contribution in [-0.4, -0.2) is 16.0 Å². The Morgan fingerprint density at radius 3 is 3.00 bits per heavy atom. The van der Waals surface area contributed by atoms with Crippen LogP contribution in [0.4, 0.5) is 0 Å². The Kier molecular flexibility index (Phi) is 1.53. The van der Waals surface area contributed by atoms with Crippen molar-refractivity contribution in [3.8, 4) is 0 Å². The lowest BCUT2D eigenvalue weighted by atomic mass is 9.84. The predicted molar refractivity (Wildman–Crippen MR) is 44.8 cm³/mol. The number of hydrogen-bond acceptors (Lipinski definition) is 2. The van der Waals surface area contributed by atoms with Gasteiger partial charge in [-0.2, -0.15) is 5.10 Å². The van der Waals surface area contributed by atoms with E-state index < -0.39 is 0 Å². The van der Waals surface area contributed by atoms with Crippen molar-refractivity contribution in [1.82, 2.24) is 10.2 Å². The summed E-state index contributed by atoms with van der Waals surface area (Å²) in [6.07, 6.45) is 4.43. The molecule has 3 heteroatoms. The van der Waals surface area contributed by atoms with Crippen LogP contribution in [0.3, 0.4) is 0 Å². The van der Waals surface area contributed by atoms with Gasteiger partial charge in [-0.15, -0.1) is 0 Å². The summed E-state index contributed by atoms with van der Waals surface area (Å²) >= 11 is 0. The molecule has 1 aromatic heterocycles. The van der Waals surface area contributed by atoms with Crippen molar-refractivity contribution in [3.63, 3.8) is 0 Å². The quantitative estimate of drug-likeness (QED) is 0.682. The van der Waals surface area contributed by atoms with Gasteiger partial charge in [0.15, 0.2) is 0 Å². The van der Waals surface area contributed by atoms with Gasteiger partial charge < -0.3 is 0 Å². The van der Waals surface area contributed by atoms with Gasteiger partial charge in [-0.25, -0.2) is 0 Å². The van der Waals surface area contributed by atoms with Gasteiger partial charge in [-0.05, 0) is 25.8 Å². The number of nitrogens with one attached hydrogen (secondary N) is 1. The zero-order chi connectivity index (χ0) is 8.60. The lowest BCUT2D eigenvalue weighted by Crippen LogP contribution is -2.27. The number of H-pyrrole nitrogens is 1. The van der Waals surface area contributed by atoms with E-state index in [1.54, 1.807) is 6.20 Å². The largest absolute Gasteiger partial charge is 0.299 e. The molecule has 3 nitrogen and oxygen atoms in total. The lowest BCUT2D eigenvalue weighted by molar-refractivity contribution is -0.121. The molecule has 0 aromatic carbocycles. The number of aromatic nitrogens is 2. The van der Waals surface area contributed by atoms with Crippen LogP contribution in [-0.2, 0) is 10.2 Å². The van der Waals surface area contributed by atoms with Crippen molar-refractivity contribution in [2.24, 2.45) is 0 Å². The van der Waals surface area contributed by atoms with E-state index in [0.717, 1.165) is 18.5 Å². The molecule has 0 saturated heterocycles. The summed E-state index contributed by atoms with van der Waals surface area (Å²) in [4.78, 5) is 11.5. The molecular weight excluding hydrogens is 152 g/mol. The summed E-state index contributed by atoms with van der Waals surface area (Å²) in [7, 11) is 0. The summed E-state index contributed by atoms with van der Waals surface area (Å²) in [5.41, 5.74) is 0.588. The molecule has 1 heterocycles. The standard InChI is InChI=1S/C9H12N2O/c1-9(5-2-3-8(9)12)7-4-6-10-11-7/h4,6H,2-3,5H2,1H3,(H,10,11). The molecule has 0 spiro atoms. The molecule has 0 aliphatic heterocycles. The van der Waals surface area contributed by atoms with Crippen LogP contribution in [0, 0.1) is 0 Å². The monoisotopic (exact) mass is 164 g/mol. The van der Waals surface area contributed by atoms with Crippen molar-refractivity contribution in [3.05, 3.63) is 18.0 Å². The second-order valence-electron chi connectivity index (χ2n) is 3.57. The minimum atomic E-state index is -0.306. The van der Waals surface area contributed by atoms with E-state index in [1.165, 1.54) is 0 Å². The Balaban J connectivity index is 2.38. The zero-order valence-corrected chi connectivity index (χ0v) is 7.13. The van der Waals surface area contributed by atoms with Crippen molar-refractivity contribution in [1.29, 1.82) is 0 Å². The van der Waals surface area contributed by atoms with Gasteiger partial charge in [0.05, 0.1) is 11.1 Å². The SMILES string of the molecule is CC1(c2cc[nH]n2)CCCC1=O. The Hall–Kier alpha value is -1.12. The molecule has 2 rings (SSSR count). The van der Waals surface area contributed by atoms with Crippen LogP contribution in [0.5, 0.6) is 0 Å². The maximum atomic E-state index is 11.5. The molecule has 0 amide bonds. The highest BCUT2D eigenvalue weighted by molar-refractivity contribution is 5.91. The fraction of sp³-hybridized carbons (Fsp3) is 0.556. The van der Waals surface area contributed by atoms with Gasteiger partial charge in [0.2, 0.25) is 0 Å². The molecule has 64 valence electrons.